The predicted molar refractivity (Wildman–Crippen MR) is 62.4 cm³/mol. The quantitative estimate of drug-likeness (QED) is 0.762. The van der Waals surface area contributed by atoms with Crippen LogP contribution in [-0.4, -0.2) is 20.1 Å². The number of nitrogens with two attached hydrogens (primary N) is 1. The first-order chi connectivity index (χ1) is 7.44. The fraction of sp³-hybridized carbons (Fsp3) is 0.300. The first-order valence-electron chi connectivity index (χ1n) is 4.85. The third kappa shape index (κ3) is 3.54. The van der Waals surface area contributed by atoms with Crippen LogP contribution in [0.3, 0.4) is 0 Å². The number of carbonyl (C=O) groups excluding carboxylic acids is 1. The standard InChI is InChI=1S/C10H14N2O3S/c1-2-7-16(14,15)12-10(13)8-3-5-9(11)6-4-8/h3-6H,2,7,11H2,1H3,(H,12,13). The van der Waals surface area contributed by atoms with Gasteiger partial charge >= 0.3 is 0 Å². The minimum Gasteiger partial charge on any atom is -0.399 e. The summed E-state index contributed by atoms with van der Waals surface area (Å²) in [6.45, 7) is 1.73. The Morgan fingerprint density at radius 3 is 2.38 bits per heavy atom. The van der Waals surface area contributed by atoms with Gasteiger partial charge in [-0.1, -0.05) is 6.92 Å². The second-order valence-corrected chi connectivity index (χ2v) is 5.21. The van der Waals surface area contributed by atoms with Gasteiger partial charge in [0.2, 0.25) is 10.0 Å². The van der Waals surface area contributed by atoms with Crippen LogP contribution in [0.1, 0.15) is 23.7 Å². The van der Waals surface area contributed by atoms with Crippen LogP contribution in [-0.2, 0) is 10.0 Å². The molecule has 0 saturated carbocycles. The van der Waals surface area contributed by atoms with Crippen LogP contribution >= 0.6 is 0 Å². The minimum absolute atomic E-state index is 0.0618. The summed E-state index contributed by atoms with van der Waals surface area (Å²) < 4.78 is 24.6. The molecule has 0 fully saturated rings. The molecule has 16 heavy (non-hydrogen) atoms. The molecule has 5 nitrogen and oxygen atoms in total. The van der Waals surface area contributed by atoms with Crippen LogP contribution < -0.4 is 10.5 Å². The highest BCUT2D eigenvalue weighted by Gasteiger charge is 2.14. The van der Waals surface area contributed by atoms with E-state index >= 15 is 0 Å². The van der Waals surface area contributed by atoms with E-state index in [0.29, 0.717) is 12.1 Å². The molecular weight excluding hydrogens is 228 g/mol. The molecule has 0 unspecified atom stereocenters. The summed E-state index contributed by atoms with van der Waals surface area (Å²) in [5.74, 6) is -0.693. The Labute approximate surface area is 94.7 Å². The zero-order chi connectivity index (χ0) is 12.2. The third-order valence-corrected chi connectivity index (χ3v) is 3.34. The topological polar surface area (TPSA) is 89.3 Å². The van der Waals surface area contributed by atoms with Gasteiger partial charge in [-0.05, 0) is 30.7 Å². The normalized spacial score (nSPS) is 11.1. The molecule has 3 N–H and O–H groups in total. The molecule has 1 amide bonds. The van der Waals surface area contributed by atoms with E-state index < -0.39 is 15.9 Å². The lowest BCUT2D eigenvalue weighted by molar-refractivity contribution is 0.0981. The average Bonchev–Trinajstić information content (AvgIpc) is 2.17. The largest absolute Gasteiger partial charge is 0.399 e. The number of hydrogen-bond acceptors (Lipinski definition) is 4. The monoisotopic (exact) mass is 242 g/mol. The van der Waals surface area contributed by atoms with Gasteiger partial charge in [0.15, 0.2) is 0 Å². The van der Waals surface area contributed by atoms with E-state index in [-0.39, 0.29) is 11.3 Å². The minimum atomic E-state index is -3.52. The van der Waals surface area contributed by atoms with Gasteiger partial charge in [0.1, 0.15) is 0 Å². The van der Waals surface area contributed by atoms with Crippen molar-refractivity contribution < 1.29 is 13.2 Å². The van der Waals surface area contributed by atoms with E-state index in [2.05, 4.69) is 0 Å². The van der Waals surface area contributed by atoms with E-state index in [9.17, 15) is 13.2 Å². The molecule has 1 rings (SSSR count). The van der Waals surface area contributed by atoms with Crippen LogP contribution in [0.2, 0.25) is 0 Å². The summed E-state index contributed by atoms with van der Waals surface area (Å²) in [4.78, 5) is 11.5. The summed E-state index contributed by atoms with van der Waals surface area (Å²) in [6.07, 6.45) is 0.463. The summed E-state index contributed by atoms with van der Waals surface area (Å²) in [5.41, 5.74) is 6.25. The molecule has 0 saturated heterocycles. The third-order valence-electron chi connectivity index (χ3n) is 1.89. The SMILES string of the molecule is CCCS(=O)(=O)NC(=O)c1ccc(N)cc1. The number of sulfonamides is 1. The number of rotatable bonds is 4. The fourth-order valence-corrected chi connectivity index (χ4v) is 2.19. The fourth-order valence-electron chi connectivity index (χ4n) is 1.15. The Bertz CT molecular complexity index is 465. The Kier molecular flexibility index (Phi) is 3.89. The maximum Gasteiger partial charge on any atom is 0.264 e. The maximum atomic E-state index is 11.5. The Morgan fingerprint density at radius 1 is 1.31 bits per heavy atom. The maximum absolute atomic E-state index is 11.5. The van der Waals surface area contributed by atoms with Crippen LogP contribution in [0.5, 0.6) is 0 Å². The average molecular weight is 242 g/mol. The second-order valence-electron chi connectivity index (χ2n) is 3.37. The van der Waals surface area contributed by atoms with Crippen molar-refractivity contribution in [2.75, 3.05) is 11.5 Å². The lowest BCUT2D eigenvalue weighted by Gasteiger charge is -2.05. The number of anilines is 1. The Hall–Kier alpha value is -1.56. The van der Waals surface area contributed by atoms with Gasteiger partial charge in [-0.15, -0.1) is 0 Å². The molecule has 0 aliphatic carbocycles. The Balaban J connectivity index is 2.77. The van der Waals surface area contributed by atoms with E-state index in [1.54, 1.807) is 19.1 Å². The van der Waals surface area contributed by atoms with E-state index in [1.807, 2.05) is 4.72 Å². The van der Waals surface area contributed by atoms with Crippen molar-refractivity contribution in [3.63, 3.8) is 0 Å². The molecule has 0 heterocycles. The molecule has 1 aromatic carbocycles. The number of carbonyl (C=O) groups is 1. The van der Waals surface area contributed by atoms with Crippen molar-refractivity contribution in [3.8, 4) is 0 Å². The number of nitrogens with one attached hydrogen (secondary N) is 1. The summed E-state index contributed by atoms with van der Waals surface area (Å²) in [6, 6.07) is 6.04. The van der Waals surface area contributed by atoms with Crippen molar-refractivity contribution in [2.45, 2.75) is 13.3 Å². The Morgan fingerprint density at radius 2 is 1.88 bits per heavy atom. The summed E-state index contributed by atoms with van der Waals surface area (Å²) >= 11 is 0. The lowest BCUT2D eigenvalue weighted by Crippen LogP contribution is -2.32. The van der Waals surface area contributed by atoms with Gasteiger partial charge in [-0.25, -0.2) is 13.1 Å². The highest BCUT2D eigenvalue weighted by Crippen LogP contribution is 2.05. The lowest BCUT2D eigenvalue weighted by atomic mass is 10.2. The van der Waals surface area contributed by atoms with Gasteiger partial charge in [0.25, 0.3) is 5.91 Å². The van der Waals surface area contributed by atoms with Crippen molar-refractivity contribution in [1.29, 1.82) is 0 Å². The molecule has 0 bridgehead atoms. The molecule has 0 aromatic heterocycles. The second kappa shape index (κ2) is 4.98. The van der Waals surface area contributed by atoms with Crippen molar-refractivity contribution in [3.05, 3.63) is 29.8 Å². The predicted octanol–water partition coefficient (Wildman–Crippen LogP) is 0.738. The molecule has 88 valence electrons. The van der Waals surface area contributed by atoms with Gasteiger partial charge in [-0.3, -0.25) is 4.79 Å². The molecule has 0 radical (unpaired) electrons. The number of amides is 1. The molecule has 0 aliphatic heterocycles. The van der Waals surface area contributed by atoms with Crippen molar-refractivity contribution in [1.82, 2.24) is 4.72 Å². The van der Waals surface area contributed by atoms with Gasteiger partial charge in [-0.2, -0.15) is 0 Å². The van der Waals surface area contributed by atoms with E-state index in [0.717, 1.165) is 0 Å². The summed E-state index contributed by atoms with van der Waals surface area (Å²) in [5, 5.41) is 0. The zero-order valence-electron chi connectivity index (χ0n) is 8.93. The molecule has 0 aliphatic rings. The molecule has 0 atom stereocenters. The van der Waals surface area contributed by atoms with Crippen LogP contribution in [0.25, 0.3) is 0 Å². The highest BCUT2D eigenvalue weighted by atomic mass is 32.2. The molecular formula is C10H14N2O3S. The smallest absolute Gasteiger partial charge is 0.264 e. The molecule has 1 aromatic rings. The molecule has 6 heteroatoms. The summed E-state index contributed by atoms with van der Waals surface area (Å²) in [7, 11) is -3.52. The first-order valence-corrected chi connectivity index (χ1v) is 6.50. The zero-order valence-corrected chi connectivity index (χ0v) is 9.75. The van der Waals surface area contributed by atoms with Crippen LogP contribution in [0, 0.1) is 0 Å². The van der Waals surface area contributed by atoms with Crippen molar-refractivity contribution in [2.24, 2.45) is 0 Å². The highest BCUT2D eigenvalue weighted by molar-refractivity contribution is 7.90. The first kappa shape index (κ1) is 12.5. The van der Waals surface area contributed by atoms with Crippen LogP contribution in [0.15, 0.2) is 24.3 Å². The van der Waals surface area contributed by atoms with Gasteiger partial charge in [0, 0.05) is 11.3 Å². The van der Waals surface area contributed by atoms with Gasteiger partial charge in [0.05, 0.1) is 5.75 Å². The van der Waals surface area contributed by atoms with E-state index in [4.69, 9.17) is 5.73 Å². The number of benzene rings is 1. The number of hydrogen-bond donors (Lipinski definition) is 2. The van der Waals surface area contributed by atoms with Crippen molar-refractivity contribution >= 4 is 21.6 Å². The van der Waals surface area contributed by atoms with E-state index in [1.165, 1.54) is 12.1 Å². The number of nitrogen functional groups attached to an aromatic ring is 1. The molecule has 0 spiro atoms. The van der Waals surface area contributed by atoms with Gasteiger partial charge < -0.3 is 5.73 Å². The van der Waals surface area contributed by atoms with Crippen LogP contribution in [0.4, 0.5) is 5.69 Å².